The van der Waals surface area contributed by atoms with Gasteiger partial charge in [-0.15, -0.1) is 0 Å². The van der Waals surface area contributed by atoms with Crippen molar-refractivity contribution in [3.8, 4) is 0 Å². The van der Waals surface area contributed by atoms with Crippen molar-refractivity contribution in [2.75, 3.05) is 12.3 Å². The van der Waals surface area contributed by atoms with Crippen LogP contribution in [-0.2, 0) is 14.9 Å². The Morgan fingerprint density at radius 3 is 2.49 bits per heavy atom. The molecule has 5 aliphatic rings. The van der Waals surface area contributed by atoms with Gasteiger partial charge < -0.3 is 20.1 Å². The van der Waals surface area contributed by atoms with E-state index in [0.717, 1.165) is 44.9 Å². The van der Waals surface area contributed by atoms with E-state index in [4.69, 9.17) is 0 Å². The summed E-state index contributed by atoms with van der Waals surface area (Å²) in [6.45, 7) is 6.64. The van der Waals surface area contributed by atoms with Gasteiger partial charge in [0.05, 0.1) is 28.1 Å². The van der Waals surface area contributed by atoms with Crippen LogP contribution in [0.4, 0.5) is 0 Å². The molecule has 1 spiro atoms. The number of carbonyl (C=O) groups excluding carboxylic acids is 1. The van der Waals surface area contributed by atoms with E-state index in [0.29, 0.717) is 30.1 Å². The van der Waals surface area contributed by atoms with E-state index in [-0.39, 0.29) is 82.9 Å². The summed E-state index contributed by atoms with van der Waals surface area (Å²) in [6, 6.07) is 0. The molecule has 0 radical (unpaired) electrons. The summed E-state index contributed by atoms with van der Waals surface area (Å²) in [5.41, 5.74) is -0.492. The predicted octanol–water partition coefficient (Wildman–Crippen LogP) is -0.169. The molecule has 5 rings (SSSR count). The minimum atomic E-state index is -4.34. The zero-order valence-electron chi connectivity index (χ0n) is 22.7. The van der Waals surface area contributed by atoms with Gasteiger partial charge in [0, 0.05) is 25.3 Å². The first-order chi connectivity index (χ1) is 16.8. The Morgan fingerprint density at radius 2 is 1.84 bits per heavy atom. The number of fused-ring (bicyclic) bond motifs is 6. The summed E-state index contributed by atoms with van der Waals surface area (Å²) in [4.78, 5) is 12.2. The topological polar surface area (TPSA) is 151 Å². The number of hydrogen-bond donors (Lipinski definition) is 3. The molecular formula is C26H42N3NaO6S. The van der Waals surface area contributed by atoms with Crippen LogP contribution in [-0.4, -0.2) is 59.3 Å². The van der Waals surface area contributed by atoms with E-state index in [1.54, 1.807) is 0 Å². The fourth-order valence-corrected chi connectivity index (χ4v) is 9.76. The van der Waals surface area contributed by atoms with Gasteiger partial charge in [0.1, 0.15) is 0 Å². The first kappa shape index (κ1) is 29.9. The molecule has 11 heteroatoms. The van der Waals surface area contributed by atoms with E-state index in [1.165, 1.54) is 0 Å². The summed E-state index contributed by atoms with van der Waals surface area (Å²) < 4.78 is 32.3. The van der Waals surface area contributed by atoms with Crippen LogP contribution in [0.3, 0.4) is 0 Å². The number of rotatable bonds is 7. The fourth-order valence-electron chi connectivity index (χ4n) is 9.40. The third-order valence-corrected chi connectivity index (χ3v) is 12.1. The van der Waals surface area contributed by atoms with Gasteiger partial charge in [0.15, 0.2) is 5.66 Å². The second-order valence-corrected chi connectivity index (χ2v) is 14.6. The number of hydrogen-bond acceptors (Lipinski definition) is 8. The quantitative estimate of drug-likeness (QED) is 0.297. The van der Waals surface area contributed by atoms with Gasteiger partial charge in [-0.25, -0.2) is 8.42 Å². The Morgan fingerprint density at radius 1 is 1.14 bits per heavy atom. The van der Waals surface area contributed by atoms with Crippen LogP contribution >= 0.6 is 0 Å². The van der Waals surface area contributed by atoms with Gasteiger partial charge >= 0.3 is 29.6 Å². The molecule has 204 valence electrons. The van der Waals surface area contributed by atoms with Gasteiger partial charge in [-0.05, 0) is 85.4 Å². The van der Waals surface area contributed by atoms with Crippen LogP contribution in [0.15, 0.2) is 10.2 Å². The van der Waals surface area contributed by atoms with E-state index in [9.17, 15) is 28.0 Å². The van der Waals surface area contributed by atoms with Crippen LogP contribution in [0.1, 0.15) is 78.6 Å². The standard InChI is InChI=1S/C26H43N3O6S.Na/c1-15(4-7-22(32)27-10-11-36(33,34)35)18-5-6-19-23-20(13-21(31)25(18,19)3)24(2)9-8-17(30)12-16(24)14-26(23)28-29-26;/h15-21,23,30-31H,4-14H2,1-3H3,(H,27,32)(H,33,34,35);/q;+1/p-1/t15-,16+,17-,18-,19+,20+,21+,23?,24+,25-;/m0./s1. The summed E-state index contributed by atoms with van der Waals surface area (Å²) in [5.74, 6) is 1.07. The Labute approximate surface area is 243 Å². The minimum Gasteiger partial charge on any atom is -0.748 e. The van der Waals surface area contributed by atoms with Crippen LogP contribution in [0.2, 0.25) is 0 Å². The summed E-state index contributed by atoms with van der Waals surface area (Å²) in [7, 11) is -4.34. The smallest absolute Gasteiger partial charge is 0.748 e. The average molecular weight is 548 g/mol. The molecule has 4 saturated carbocycles. The van der Waals surface area contributed by atoms with E-state index in [1.807, 2.05) is 0 Å². The maximum Gasteiger partial charge on any atom is 1.00 e. The molecular weight excluding hydrogens is 505 g/mol. The second kappa shape index (κ2) is 10.4. The van der Waals surface area contributed by atoms with Gasteiger partial charge in [-0.3, -0.25) is 4.79 Å². The molecule has 1 unspecified atom stereocenters. The Hall–Kier alpha value is -0.100. The molecule has 0 bridgehead atoms. The van der Waals surface area contributed by atoms with Crippen LogP contribution in [0.5, 0.6) is 0 Å². The van der Waals surface area contributed by atoms with Crippen LogP contribution in [0.25, 0.3) is 0 Å². The minimum absolute atomic E-state index is 0. The van der Waals surface area contributed by atoms with Gasteiger partial charge in [0.2, 0.25) is 5.91 Å². The van der Waals surface area contributed by atoms with Gasteiger partial charge in [0.25, 0.3) is 0 Å². The Kier molecular flexibility index (Phi) is 8.38. The molecule has 9 nitrogen and oxygen atoms in total. The zero-order valence-corrected chi connectivity index (χ0v) is 25.5. The van der Waals surface area contributed by atoms with E-state index >= 15 is 0 Å². The molecule has 0 saturated heterocycles. The van der Waals surface area contributed by atoms with Crippen molar-refractivity contribution in [1.29, 1.82) is 0 Å². The Balaban J connectivity index is 0.00000320. The SMILES string of the molecule is C[C@@H](CCC(=O)NCCS(=O)(=O)[O-])[C@@H]1CC[C@@H]2C3[C@@H](C[C@@H](O)[C@]21C)[C@]1(C)CC[C@H](O)C[C@@H]1CC31N=N1.[Na+]. The zero-order chi connectivity index (χ0) is 26.1. The number of nitrogens with one attached hydrogen (secondary N) is 1. The molecule has 37 heavy (non-hydrogen) atoms. The molecule has 3 N–H and O–H groups in total. The van der Waals surface area contributed by atoms with Crippen molar-refractivity contribution in [2.24, 2.45) is 56.6 Å². The number of nitrogens with zero attached hydrogens (tertiary/aromatic N) is 2. The molecule has 0 aromatic rings. The number of aliphatic hydroxyl groups excluding tert-OH is 2. The van der Waals surface area contributed by atoms with E-state index < -0.39 is 22.0 Å². The summed E-state index contributed by atoms with van der Waals surface area (Å²) >= 11 is 0. The Bertz CT molecular complexity index is 1020. The first-order valence-corrected chi connectivity index (χ1v) is 15.4. The van der Waals surface area contributed by atoms with Crippen molar-refractivity contribution in [3.05, 3.63) is 0 Å². The molecule has 10 atom stereocenters. The van der Waals surface area contributed by atoms with Gasteiger partial charge in [-0.1, -0.05) is 20.8 Å². The van der Waals surface area contributed by atoms with Crippen LogP contribution in [0, 0.1) is 46.3 Å². The summed E-state index contributed by atoms with van der Waals surface area (Å²) in [6.07, 6.45) is 6.62. The predicted molar refractivity (Wildman–Crippen MR) is 132 cm³/mol. The third-order valence-electron chi connectivity index (χ3n) is 11.4. The second-order valence-electron chi connectivity index (χ2n) is 13.1. The normalized spacial score (nSPS) is 44.2. The molecule has 1 heterocycles. The third kappa shape index (κ3) is 5.22. The van der Waals surface area contributed by atoms with Crippen molar-refractivity contribution in [3.63, 3.8) is 0 Å². The monoisotopic (exact) mass is 547 g/mol. The fraction of sp³-hybridized carbons (Fsp3) is 0.962. The molecule has 4 fully saturated rings. The maximum absolute atomic E-state index is 12.2. The average Bonchev–Trinajstić information content (AvgIpc) is 3.46. The van der Waals surface area contributed by atoms with Crippen molar-refractivity contribution in [1.82, 2.24) is 5.32 Å². The first-order valence-electron chi connectivity index (χ1n) is 13.8. The molecule has 0 aromatic heterocycles. The number of amides is 1. The largest absolute Gasteiger partial charge is 1.00 e. The van der Waals surface area contributed by atoms with Crippen molar-refractivity contribution < 1.29 is 57.5 Å². The summed E-state index contributed by atoms with van der Waals surface area (Å²) in [5, 5.41) is 34.0. The van der Waals surface area contributed by atoms with E-state index in [2.05, 4.69) is 36.3 Å². The molecule has 1 amide bonds. The maximum atomic E-state index is 12.2. The number of aliphatic hydroxyl groups is 2. The molecule has 4 aliphatic carbocycles. The van der Waals surface area contributed by atoms with Crippen molar-refractivity contribution >= 4 is 16.0 Å². The van der Waals surface area contributed by atoms with Crippen LogP contribution < -0.4 is 34.9 Å². The van der Waals surface area contributed by atoms with Crippen molar-refractivity contribution in [2.45, 2.75) is 96.4 Å². The number of carbonyl (C=O) groups is 1. The molecule has 0 aromatic carbocycles. The molecule has 1 aliphatic heterocycles. The van der Waals surface area contributed by atoms with Gasteiger partial charge in [-0.2, -0.15) is 10.2 Å².